The third-order valence-corrected chi connectivity index (χ3v) is 5.81. The van der Waals surface area contributed by atoms with Gasteiger partial charge in [0.05, 0.1) is 0 Å². The molecule has 162 valence electrons. The molecule has 3 aromatic carbocycles. The normalized spacial score (nSPS) is 19.2. The maximum Gasteiger partial charge on any atom is 0.304 e. The van der Waals surface area contributed by atoms with Gasteiger partial charge >= 0.3 is 5.91 Å². The predicted octanol–water partition coefficient (Wildman–Crippen LogP) is 4.48. The minimum absolute atomic E-state index is 0.267. The van der Waals surface area contributed by atoms with Crippen LogP contribution in [0.25, 0.3) is 0 Å². The molecule has 3 aromatic rings. The quantitative estimate of drug-likeness (QED) is 0.567. The predicted molar refractivity (Wildman–Crippen MR) is 126 cm³/mol. The van der Waals surface area contributed by atoms with Crippen LogP contribution in [0.3, 0.4) is 0 Å². The van der Waals surface area contributed by atoms with Crippen molar-refractivity contribution in [3.63, 3.8) is 0 Å². The maximum absolute atomic E-state index is 12.9. The van der Waals surface area contributed by atoms with Gasteiger partial charge in [0.15, 0.2) is 6.04 Å². The Morgan fingerprint density at radius 1 is 1.00 bits per heavy atom. The Balaban J connectivity index is 1.66. The minimum Gasteiger partial charge on any atom is -0.334 e. The van der Waals surface area contributed by atoms with Crippen LogP contribution >= 0.6 is 11.6 Å². The second-order valence-electron chi connectivity index (χ2n) is 8.15. The van der Waals surface area contributed by atoms with E-state index in [2.05, 4.69) is 36.7 Å². The molecule has 2 amide bonds. The number of nitrogens with zero attached hydrogens (tertiary/aromatic N) is 1. The molecule has 1 fully saturated rings. The molecule has 0 bridgehead atoms. The van der Waals surface area contributed by atoms with E-state index in [4.69, 9.17) is 11.6 Å². The molecule has 2 N–H and O–H groups in total. The highest BCUT2D eigenvalue weighted by Crippen LogP contribution is 2.25. The van der Waals surface area contributed by atoms with Crippen LogP contribution in [0.2, 0.25) is 5.02 Å². The van der Waals surface area contributed by atoms with Crippen molar-refractivity contribution in [2.75, 3.05) is 0 Å². The van der Waals surface area contributed by atoms with E-state index in [1.165, 1.54) is 5.56 Å². The first-order chi connectivity index (χ1) is 15.4. The number of hydrazine groups is 1. The Morgan fingerprint density at radius 2 is 1.66 bits per heavy atom. The van der Waals surface area contributed by atoms with Crippen LogP contribution in [0.15, 0.2) is 78.9 Å². The lowest BCUT2D eigenvalue weighted by molar-refractivity contribution is -0.596. The third-order valence-electron chi connectivity index (χ3n) is 5.56. The molecular formula is C26H25ClN3O2+. The van der Waals surface area contributed by atoms with Gasteiger partial charge in [-0.3, -0.25) is 9.59 Å². The number of carbonyl (C=O) groups is 2. The highest BCUT2D eigenvalue weighted by molar-refractivity contribution is 6.30. The molecule has 0 unspecified atom stereocenters. The number of amides is 2. The van der Waals surface area contributed by atoms with Gasteiger partial charge in [-0.2, -0.15) is 0 Å². The monoisotopic (exact) mass is 446 g/mol. The number of hydrazone groups is 1. The molecule has 0 aromatic heterocycles. The Morgan fingerprint density at radius 3 is 2.28 bits per heavy atom. The summed E-state index contributed by atoms with van der Waals surface area (Å²) in [6.45, 7) is 4.30. The fourth-order valence-corrected chi connectivity index (χ4v) is 3.91. The molecule has 1 saturated heterocycles. The highest BCUT2D eigenvalue weighted by Gasteiger charge is 2.47. The van der Waals surface area contributed by atoms with E-state index in [9.17, 15) is 9.59 Å². The SMILES string of the molecule is CC(C)c1ccc(/C=[N+]2\NC(=O)[C@H](NC(=O)c3ccc(Cl)cc3)[C@H]2c2ccccc2)cc1. The topological polar surface area (TPSA) is 61.2 Å². The second-order valence-corrected chi connectivity index (χ2v) is 8.58. The first-order valence-electron chi connectivity index (χ1n) is 10.6. The summed E-state index contributed by atoms with van der Waals surface area (Å²) in [5.74, 6) is -0.151. The standard InChI is InChI=1S/C26H24ClN3O2/c1-17(2)19-10-8-18(9-11-19)16-30-24(20-6-4-3-5-7-20)23(26(32)29-30)28-25(31)21-12-14-22(27)15-13-21/h3-17,23-24H,1-2H3,(H-,28,29,31,32)/p+1/b30-16-/t23-,24-/m1/s1. The fraction of sp³-hybridized carbons (Fsp3) is 0.192. The molecule has 32 heavy (non-hydrogen) atoms. The molecule has 5 nitrogen and oxygen atoms in total. The summed E-state index contributed by atoms with van der Waals surface area (Å²) in [6, 6.07) is 23.3. The number of halogens is 1. The minimum atomic E-state index is -0.758. The second kappa shape index (κ2) is 9.37. The van der Waals surface area contributed by atoms with Gasteiger partial charge < -0.3 is 5.32 Å². The van der Waals surface area contributed by atoms with Crippen molar-refractivity contribution in [1.82, 2.24) is 10.7 Å². The Kier molecular flexibility index (Phi) is 6.37. The van der Waals surface area contributed by atoms with Crippen molar-refractivity contribution in [3.8, 4) is 0 Å². The van der Waals surface area contributed by atoms with Crippen LogP contribution in [-0.2, 0) is 4.79 Å². The number of rotatable bonds is 5. The first kappa shape index (κ1) is 21.8. The molecule has 0 aliphatic carbocycles. The zero-order valence-electron chi connectivity index (χ0n) is 18.0. The summed E-state index contributed by atoms with van der Waals surface area (Å²) in [5, 5.41) is 3.44. The third kappa shape index (κ3) is 4.73. The lowest BCUT2D eigenvalue weighted by atomic mass is 9.99. The number of benzene rings is 3. The zero-order valence-corrected chi connectivity index (χ0v) is 18.7. The summed E-state index contributed by atoms with van der Waals surface area (Å²) in [6.07, 6.45) is 1.90. The van der Waals surface area contributed by atoms with Crippen LogP contribution in [0.1, 0.15) is 52.9 Å². The van der Waals surface area contributed by atoms with Gasteiger partial charge in [0, 0.05) is 21.7 Å². The summed E-state index contributed by atoms with van der Waals surface area (Å²) in [5.41, 5.74) is 6.48. The lowest BCUT2D eigenvalue weighted by Gasteiger charge is -2.14. The van der Waals surface area contributed by atoms with Crippen LogP contribution < -0.4 is 10.7 Å². The van der Waals surface area contributed by atoms with E-state index >= 15 is 0 Å². The Hall–Kier alpha value is -3.44. The van der Waals surface area contributed by atoms with Gasteiger partial charge in [-0.1, -0.05) is 67.9 Å². The largest absolute Gasteiger partial charge is 0.334 e. The molecule has 0 saturated carbocycles. The average molecular weight is 447 g/mol. The molecule has 1 aliphatic rings. The van der Waals surface area contributed by atoms with Crippen molar-refractivity contribution in [2.24, 2.45) is 0 Å². The van der Waals surface area contributed by atoms with Crippen molar-refractivity contribution >= 4 is 29.6 Å². The van der Waals surface area contributed by atoms with Gasteiger partial charge in [-0.25, -0.2) is 0 Å². The number of nitrogens with one attached hydrogen (secondary N) is 2. The summed E-state index contributed by atoms with van der Waals surface area (Å²) < 4.78 is 1.77. The Bertz CT molecular complexity index is 1140. The molecule has 0 spiro atoms. The fourth-order valence-electron chi connectivity index (χ4n) is 3.78. The van der Waals surface area contributed by atoms with Crippen molar-refractivity contribution in [2.45, 2.75) is 31.8 Å². The maximum atomic E-state index is 12.9. The molecule has 4 rings (SSSR count). The average Bonchev–Trinajstić information content (AvgIpc) is 3.09. The van der Waals surface area contributed by atoms with Gasteiger partial charge in [-0.15, -0.1) is 10.1 Å². The zero-order chi connectivity index (χ0) is 22.7. The first-order valence-corrected chi connectivity index (χ1v) is 11.0. The van der Waals surface area contributed by atoms with Crippen molar-refractivity contribution in [1.29, 1.82) is 0 Å². The van der Waals surface area contributed by atoms with Crippen LogP contribution in [0, 0.1) is 0 Å². The smallest absolute Gasteiger partial charge is 0.304 e. The van der Waals surface area contributed by atoms with Crippen LogP contribution in [0.4, 0.5) is 0 Å². The van der Waals surface area contributed by atoms with E-state index in [0.29, 0.717) is 16.5 Å². The van der Waals surface area contributed by atoms with Gasteiger partial charge in [-0.05, 0) is 47.9 Å². The molecule has 1 heterocycles. The van der Waals surface area contributed by atoms with Gasteiger partial charge in [0.2, 0.25) is 12.3 Å². The van der Waals surface area contributed by atoms with E-state index in [1.807, 2.05) is 48.7 Å². The summed E-state index contributed by atoms with van der Waals surface area (Å²) in [4.78, 5) is 25.8. The number of carbonyl (C=O) groups excluding carboxylic acids is 2. The molecule has 1 aliphatic heterocycles. The van der Waals surface area contributed by atoms with Crippen LogP contribution in [0.5, 0.6) is 0 Å². The van der Waals surface area contributed by atoms with Crippen molar-refractivity contribution < 1.29 is 14.3 Å². The van der Waals surface area contributed by atoms with E-state index < -0.39 is 12.1 Å². The Labute approximate surface area is 192 Å². The van der Waals surface area contributed by atoms with Gasteiger partial charge in [0.25, 0.3) is 5.91 Å². The molecule has 2 atom stereocenters. The van der Waals surface area contributed by atoms with E-state index in [0.717, 1.165) is 11.1 Å². The molecule has 0 radical (unpaired) electrons. The lowest BCUT2D eigenvalue weighted by Crippen LogP contribution is -2.42. The number of hydrogen-bond donors (Lipinski definition) is 2. The number of hydrogen-bond acceptors (Lipinski definition) is 2. The molecular weight excluding hydrogens is 422 g/mol. The van der Waals surface area contributed by atoms with Crippen molar-refractivity contribution in [3.05, 3.63) is 106 Å². The summed E-state index contributed by atoms with van der Waals surface area (Å²) in [7, 11) is 0. The summed E-state index contributed by atoms with van der Waals surface area (Å²) >= 11 is 5.93. The van der Waals surface area contributed by atoms with E-state index in [1.54, 1.807) is 28.9 Å². The highest BCUT2D eigenvalue weighted by atomic mass is 35.5. The van der Waals surface area contributed by atoms with E-state index in [-0.39, 0.29) is 11.8 Å². The molecule has 6 heteroatoms. The van der Waals surface area contributed by atoms with Gasteiger partial charge in [0.1, 0.15) is 0 Å². The van der Waals surface area contributed by atoms with Crippen LogP contribution in [-0.4, -0.2) is 28.8 Å².